The zero-order chi connectivity index (χ0) is 16.8. The van der Waals surface area contributed by atoms with E-state index in [-0.39, 0.29) is 0 Å². The predicted molar refractivity (Wildman–Crippen MR) is 101 cm³/mol. The van der Waals surface area contributed by atoms with Crippen molar-refractivity contribution in [3.8, 4) is 0 Å². The zero-order valence-electron chi connectivity index (χ0n) is 13.2. The largest absolute Gasteiger partial charge is 0.242 e. The van der Waals surface area contributed by atoms with Gasteiger partial charge in [-0.25, -0.2) is 4.39 Å². The Kier molecular flexibility index (Phi) is 5.45. The first kappa shape index (κ1) is 16.5. The number of hydrogen-bond acceptors (Lipinski definition) is 0. The first-order valence-corrected chi connectivity index (χ1v) is 8.30. The molecule has 120 valence electrons. The van der Waals surface area contributed by atoms with Crippen LogP contribution in [0.2, 0.25) is 5.02 Å². The molecule has 0 saturated carbocycles. The minimum absolute atomic E-state index is 0.394. The van der Waals surface area contributed by atoms with Crippen LogP contribution in [0.4, 0.5) is 4.39 Å². The highest BCUT2D eigenvalue weighted by Crippen LogP contribution is 2.22. The summed E-state index contributed by atoms with van der Waals surface area (Å²) in [5.74, 6) is 0. The van der Waals surface area contributed by atoms with Gasteiger partial charge in [-0.1, -0.05) is 90.5 Å². The van der Waals surface area contributed by atoms with E-state index in [2.05, 4.69) is 0 Å². The Morgan fingerprint density at radius 2 is 1.29 bits per heavy atom. The third-order valence-corrected chi connectivity index (χ3v) is 4.15. The molecule has 0 aromatic heterocycles. The van der Waals surface area contributed by atoms with Crippen molar-refractivity contribution in [1.82, 2.24) is 0 Å². The van der Waals surface area contributed by atoms with Gasteiger partial charge in [-0.05, 0) is 34.4 Å². The summed E-state index contributed by atoms with van der Waals surface area (Å²) in [6, 6.07) is 25.0. The van der Waals surface area contributed by atoms with Crippen molar-refractivity contribution in [1.29, 1.82) is 0 Å². The maximum Gasteiger partial charge on any atom is 0.129 e. The predicted octanol–water partition coefficient (Wildman–Crippen LogP) is 6.76. The molecule has 0 heterocycles. The van der Waals surface area contributed by atoms with E-state index in [0.717, 1.165) is 27.3 Å². The normalized spacial score (nSPS) is 12.4. The second-order valence-corrected chi connectivity index (χ2v) is 6.15. The van der Waals surface area contributed by atoms with Gasteiger partial charge in [0.25, 0.3) is 0 Å². The van der Waals surface area contributed by atoms with E-state index < -0.39 is 6.17 Å². The monoisotopic (exact) mass is 336 g/mol. The average molecular weight is 337 g/mol. The minimum atomic E-state index is -0.971. The van der Waals surface area contributed by atoms with E-state index in [4.69, 9.17) is 11.6 Å². The van der Waals surface area contributed by atoms with Gasteiger partial charge < -0.3 is 0 Å². The lowest BCUT2D eigenvalue weighted by Crippen LogP contribution is -1.96. The van der Waals surface area contributed by atoms with Crippen LogP contribution in [-0.2, 0) is 6.42 Å². The Balaban J connectivity index is 1.64. The van der Waals surface area contributed by atoms with Gasteiger partial charge in [0.15, 0.2) is 0 Å². The molecule has 0 nitrogen and oxygen atoms in total. The maximum absolute atomic E-state index is 14.3. The van der Waals surface area contributed by atoms with Crippen LogP contribution in [0, 0.1) is 0 Å². The summed E-state index contributed by atoms with van der Waals surface area (Å²) in [5, 5.41) is 0.732. The molecule has 0 aliphatic rings. The molecule has 3 aromatic rings. The van der Waals surface area contributed by atoms with Crippen molar-refractivity contribution >= 4 is 23.8 Å². The summed E-state index contributed by atoms with van der Waals surface area (Å²) in [5.41, 5.74) is 3.90. The molecule has 0 saturated heterocycles. The van der Waals surface area contributed by atoms with Gasteiger partial charge in [-0.3, -0.25) is 0 Å². The molecule has 0 bridgehead atoms. The van der Waals surface area contributed by atoms with Gasteiger partial charge in [0.05, 0.1) is 0 Å². The summed E-state index contributed by atoms with van der Waals surface area (Å²) in [7, 11) is 0. The molecule has 3 aromatic carbocycles. The summed E-state index contributed by atoms with van der Waals surface area (Å²) in [6.07, 6.45) is 3.50. The van der Waals surface area contributed by atoms with E-state index in [1.54, 1.807) is 0 Å². The molecule has 0 fully saturated rings. The van der Waals surface area contributed by atoms with Crippen LogP contribution < -0.4 is 0 Å². The first-order valence-electron chi connectivity index (χ1n) is 7.92. The fourth-order valence-corrected chi connectivity index (χ4v) is 2.64. The zero-order valence-corrected chi connectivity index (χ0v) is 14.0. The van der Waals surface area contributed by atoms with Crippen molar-refractivity contribution < 1.29 is 4.39 Å². The molecule has 0 spiro atoms. The first-order chi connectivity index (χ1) is 11.7. The molecular weight excluding hydrogens is 319 g/mol. The number of rotatable bonds is 5. The Bertz CT molecular complexity index is 790. The van der Waals surface area contributed by atoms with Crippen molar-refractivity contribution in [2.24, 2.45) is 0 Å². The van der Waals surface area contributed by atoms with Crippen LogP contribution in [0.1, 0.15) is 28.4 Å². The maximum atomic E-state index is 14.3. The molecule has 0 amide bonds. The molecule has 0 unspecified atom stereocenters. The van der Waals surface area contributed by atoms with Gasteiger partial charge in [0.2, 0.25) is 0 Å². The molecular formula is C22H18ClF. The van der Waals surface area contributed by atoms with Crippen molar-refractivity contribution in [3.05, 3.63) is 106 Å². The van der Waals surface area contributed by atoms with Crippen LogP contribution in [0.3, 0.4) is 0 Å². The Morgan fingerprint density at radius 1 is 0.750 bits per heavy atom. The van der Waals surface area contributed by atoms with Crippen LogP contribution in [-0.4, -0.2) is 0 Å². The van der Waals surface area contributed by atoms with Gasteiger partial charge in [0.1, 0.15) is 6.17 Å². The Labute approximate surface area is 147 Å². The van der Waals surface area contributed by atoms with Gasteiger partial charge in [-0.2, -0.15) is 0 Å². The van der Waals surface area contributed by atoms with E-state index >= 15 is 0 Å². The molecule has 0 radical (unpaired) electrons. The summed E-state index contributed by atoms with van der Waals surface area (Å²) >= 11 is 5.88. The lowest BCUT2D eigenvalue weighted by molar-refractivity contribution is 0.342. The molecule has 0 aliphatic carbocycles. The molecule has 24 heavy (non-hydrogen) atoms. The van der Waals surface area contributed by atoms with Gasteiger partial charge >= 0.3 is 0 Å². The van der Waals surface area contributed by atoms with E-state index in [0.29, 0.717) is 6.42 Å². The van der Waals surface area contributed by atoms with E-state index in [9.17, 15) is 4.39 Å². The Hall–Kier alpha value is -2.38. The standard InChI is InChI=1S/C22H18ClF/c23-21-14-12-18(13-15-21)7-6-17-8-10-19(11-9-17)16-22(24)20-4-2-1-3-5-20/h1-15,22H,16H2/t22-/m1/s1. The highest BCUT2D eigenvalue weighted by molar-refractivity contribution is 6.30. The molecule has 0 aliphatic heterocycles. The van der Waals surface area contributed by atoms with E-state index in [1.807, 2.05) is 91.0 Å². The van der Waals surface area contributed by atoms with E-state index in [1.165, 1.54) is 0 Å². The van der Waals surface area contributed by atoms with Gasteiger partial charge in [-0.15, -0.1) is 0 Å². The summed E-state index contributed by atoms with van der Waals surface area (Å²) in [4.78, 5) is 0. The topological polar surface area (TPSA) is 0 Å². The SMILES string of the molecule is F[C@H](Cc1ccc(C=Cc2ccc(Cl)cc2)cc1)c1ccccc1. The lowest BCUT2D eigenvalue weighted by atomic mass is 10.0. The fraction of sp³-hybridized carbons (Fsp3) is 0.0909. The molecule has 1 atom stereocenters. The van der Waals surface area contributed by atoms with Crippen molar-refractivity contribution in [2.75, 3.05) is 0 Å². The van der Waals surface area contributed by atoms with Crippen LogP contribution in [0.5, 0.6) is 0 Å². The summed E-state index contributed by atoms with van der Waals surface area (Å²) in [6.45, 7) is 0. The Morgan fingerprint density at radius 3 is 1.88 bits per heavy atom. The highest BCUT2D eigenvalue weighted by Gasteiger charge is 2.09. The second-order valence-electron chi connectivity index (χ2n) is 5.71. The fourth-order valence-electron chi connectivity index (χ4n) is 2.52. The number of hydrogen-bond donors (Lipinski definition) is 0. The number of benzene rings is 3. The van der Waals surface area contributed by atoms with Crippen LogP contribution >= 0.6 is 11.6 Å². The summed E-state index contributed by atoms with van der Waals surface area (Å²) < 4.78 is 14.3. The highest BCUT2D eigenvalue weighted by atomic mass is 35.5. The number of alkyl halides is 1. The molecule has 0 N–H and O–H groups in total. The average Bonchev–Trinajstić information content (AvgIpc) is 2.63. The third-order valence-electron chi connectivity index (χ3n) is 3.89. The van der Waals surface area contributed by atoms with Crippen LogP contribution in [0.15, 0.2) is 78.9 Å². The van der Waals surface area contributed by atoms with Crippen molar-refractivity contribution in [2.45, 2.75) is 12.6 Å². The third kappa shape index (κ3) is 4.56. The smallest absolute Gasteiger partial charge is 0.129 e. The number of halogens is 2. The lowest BCUT2D eigenvalue weighted by Gasteiger charge is -2.08. The molecule has 3 rings (SSSR count). The quantitative estimate of drug-likeness (QED) is 0.451. The van der Waals surface area contributed by atoms with Gasteiger partial charge in [0, 0.05) is 11.4 Å². The second kappa shape index (κ2) is 7.94. The minimum Gasteiger partial charge on any atom is -0.242 e. The molecule has 2 heteroatoms. The van der Waals surface area contributed by atoms with Crippen LogP contribution in [0.25, 0.3) is 12.2 Å². The van der Waals surface area contributed by atoms with Crippen molar-refractivity contribution in [3.63, 3.8) is 0 Å².